The van der Waals surface area contributed by atoms with Crippen molar-refractivity contribution in [3.8, 4) is 0 Å². The zero-order valence-corrected chi connectivity index (χ0v) is 12.5. The molecule has 6 heteroatoms. The highest BCUT2D eigenvalue weighted by Gasteiger charge is 2.16. The molecule has 0 aliphatic carbocycles. The molecule has 20 heavy (non-hydrogen) atoms. The molecule has 1 nitrogen and oxygen atoms in total. The van der Waals surface area contributed by atoms with Crippen LogP contribution in [0.1, 0.15) is 17.2 Å². The molecule has 0 saturated carbocycles. The smallest absolute Gasteiger partial charge is 0.194 e. The first kappa shape index (κ1) is 15.4. The van der Waals surface area contributed by atoms with Gasteiger partial charge >= 0.3 is 0 Å². The summed E-state index contributed by atoms with van der Waals surface area (Å²) < 4.78 is 40.0. The number of nitrogens with two attached hydrogens (primary N) is 1. The molecule has 0 aliphatic rings. The number of hydrogen-bond acceptors (Lipinski definition) is 1. The van der Waals surface area contributed by atoms with Gasteiger partial charge in [-0.15, -0.1) is 0 Å². The summed E-state index contributed by atoms with van der Waals surface area (Å²) in [6.07, 6.45) is 0.288. The van der Waals surface area contributed by atoms with E-state index >= 15 is 0 Å². The first-order valence-electron chi connectivity index (χ1n) is 5.72. The van der Waals surface area contributed by atoms with E-state index in [1.54, 1.807) is 18.2 Å². The molecule has 0 aromatic heterocycles. The van der Waals surface area contributed by atoms with E-state index in [4.69, 9.17) is 17.3 Å². The summed E-state index contributed by atoms with van der Waals surface area (Å²) in [5, 5.41) is 0.498. The molecule has 0 fully saturated rings. The van der Waals surface area contributed by atoms with E-state index in [0.717, 1.165) is 22.2 Å². The summed E-state index contributed by atoms with van der Waals surface area (Å²) in [6, 6.07) is 6.38. The van der Waals surface area contributed by atoms with Crippen LogP contribution in [0.2, 0.25) is 5.02 Å². The summed E-state index contributed by atoms with van der Waals surface area (Å²) in [4.78, 5) is 0. The first-order chi connectivity index (χ1) is 9.38. The van der Waals surface area contributed by atoms with Gasteiger partial charge in [0.1, 0.15) is 0 Å². The highest BCUT2D eigenvalue weighted by molar-refractivity contribution is 9.10. The second kappa shape index (κ2) is 6.16. The molecule has 0 saturated heterocycles. The summed E-state index contributed by atoms with van der Waals surface area (Å²) in [5.74, 6) is -4.00. The Balaban J connectivity index is 2.26. The van der Waals surface area contributed by atoms with Crippen LogP contribution < -0.4 is 5.73 Å². The van der Waals surface area contributed by atoms with E-state index < -0.39 is 23.5 Å². The normalized spacial score (nSPS) is 12.5. The minimum atomic E-state index is -1.50. The third-order valence-corrected chi connectivity index (χ3v) is 3.73. The Hall–Kier alpha value is -1.04. The third-order valence-electron chi connectivity index (χ3n) is 2.89. The summed E-state index contributed by atoms with van der Waals surface area (Å²) in [7, 11) is 0. The predicted octanol–water partition coefficient (Wildman–Crippen LogP) is 4.76. The molecule has 106 valence electrons. The van der Waals surface area contributed by atoms with Crippen molar-refractivity contribution in [3.05, 3.63) is 68.4 Å². The zero-order chi connectivity index (χ0) is 14.9. The Bertz CT molecular complexity index is 625. The molecule has 0 heterocycles. The molecule has 1 atom stereocenters. The summed E-state index contributed by atoms with van der Waals surface area (Å²) >= 11 is 9.33. The lowest BCUT2D eigenvalue weighted by atomic mass is 9.99. The van der Waals surface area contributed by atoms with Gasteiger partial charge in [-0.05, 0) is 41.8 Å². The highest BCUT2D eigenvalue weighted by atomic mass is 79.9. The van der Waals surface area contributed by atoms with Crippen molar-refractivity contribution < 1.29 is 13.2 Å². The fourth-order valence-electron chi connectivity index (χ4n) is 1.83. The van der Waals surface area contributed by atoms with Crippen LogP contribution in [0.4, 0.5) is 13.2 Å². The summed E-state index contributed by atoms with van der Waals surface area (Å²) in [6.45, 7) is 0. The van der Waals surface area contributed by atoms with Crippen LogP contribution in [0.25, 0.3) is 0 Å². The SMILES string of the molecule is NC(Cc1ccc(Br)cc1Cl)c1cc(F)c(F)c(F)c1. The molecule has 0 aliphatic heterocycles. The van der Waals surface area contributed by atoms with E-state index in [1.807, 2.05) is 0 Å². The van der Waals surface area contributed by atoms with Gasteiger partial charge in [0.15, 0.2) is 17.5 Å². The standard InChI is InChI=1S/C14H10BrClF3N/c15-9-2-1-7(10(16)6-9)5-13(20)8-3-11(17)14(19)12(18)4-8/h1-4,6,13H,5,20H2. The molecule has 0 spiro atoms. The van der Waals surface area contributed by atoms with Crippen LogP contribution in [0.15, 0.2) is 34.8 Å². The van der Waals surface area contributed by atoms with Crippen LogP contribution >= 0.6 is 27.5 Å². The average Bonchev–Trinajstić information content (AvgIpc) is 2.38. The first-order valence-corrected chi connectivity index (χ1v) is 6.89. The Morgan fingerprint density at radius 2 is 1.70 bits per heavy atom. The lowest BCUT2D eigenvalue weighted by Crippen LogP contribution is -2.14. The van der Waals surface area contributed by atoms with Crippen molar-refractivity contribution >= 4 is 27.5 Å². The van der Waals surface area contributed by atoms with E-state index in [1.165, 1.54) is 0 Å². The zero-order valence-electron chi connectivity index (χ0n) is 10.1. The van der Waals surface area contributed by atoms with Gasteiger partial charge in [0, 0.05) is 15.5 Å². The van der Waals surface area contributed by atoms with Crippen LogP contribution in [-0.4, -0.2) is 0 Å². The number of rotatable bonds is 3. The van der Waals surface area contributed by atoms with Gasteiger partial charge in [-0.25, -0.2) is 13.2 Å². The quantitative estimate of drug-likeness (QED) is 0.781. The van der Waals surface area contributed by atoms with Gasteiger partial charge in [-0.2, -0.15) is 0 Å². The monoisotopic (exact) mass is 363 g/mol. The van der Waals surface area contributed by atoms with Crippen molar-refractivity contribution in [1.82, 2.24) is 0 Å². The number of hydrogen-bond donors (Lipinski definition) is 1. The van der Waals surface area contributed by atoms with Crippen molar-refractivity contribution in [2.75, 3.05) is 0 Å². The average molecular weight is 365 g/mol. The largest absolute Gasteiger partial charge is 0.324 e. The molecule has 0 amide bonds. The minimum Gasteiger partial charge on any atom is -0.324 e. The van der Waals surface area contributed by atoms with Crippen LogP contribution in [0.3, 0.4) is 0 Å². The fraction of sp³-hybridized carbons (Fsp3) is 0.143. The molecule has 2 aromatic rings. The molecule has 0 bridgehead atoms. The second-order valence-electron chi connectivity index (χ2n) is 4.34. The van der Waals surface area contributed by atoms with Crippen molar-refractivity contribution in [1.29, 1.82) is 0 Å². The third kappa shape index (κ3) is 3.34. The Morgan fingerprint density at radius 3 is 2.25 bits per heavy atom. The molecule has 1 unspecified atom stereocenters. The second-order valence-corrected chi connectivity index (χ2v) is 5.67. The van der Waals surface area contributed by atoms with E-state index in [2.05, 4.69) is 15.9 Å². The van der Waals surface area contributed by atoms with Crippen LogP contribution in [0, 0.1) is 17.5 Å². The van der Waals surface area contributed by atoms with Gasteiger partial charge in [0.25, 0.3) is 0 Å². The Kier molecular flexibility index (Phi) is 4.73. The molecule has 2 rings (SSSR count). The predicted molar refractivity (Wildman–Crippen MR) is 76.1 cm³/mol. The Labute approximate surface area is 127 Å². The van der Waals surface area contributed by atoms with Crippen molar-refractivity contribution in [3.63, 3.8) is 0 Å². The number of halogens is 5. The van der Waals surface area contributed by atoms with Gasteiger partial charge in [0.05, 0.1) is 0 Å². The molecule has 0 radical (unpaired) electrons. The minimum absolute atomic E-state index is 0.181. The number of benzene rings is 2. The van der Waals surface area contributed by atoms with Gasteiger partial charge in [-0.3, -0.25) is 0 Å². The van der Waals surface area contributed by atoms with Gasteiger partial charge in [-0.1, -0.05) is 33.6 Å². The lowest BCUT2D eigenvalue weighted by molar-refractivity contribution is 0.443. The molecular weight excluding hydrogens is 355 g/mol. The van der Waals surface area contributed by atoms with E-state index in [-0.39, 0.29) is 12.0 Å². The highest BCUT2D eigenvalue weighted by Crippen LogP contribution is 2.26. The van der Waals surface area contributed by atoms with Crippen molar-refractivity contribution in [2.45, 2.75) is 12.5 Å². The lowest BCUT2D eigenvalue weighted by Gasteiger charge is -2.14. The van der Waals surface area contributed by atoms with E-state index in [9.17, 15) is 13.2 Å². The maximum Gasteiger partial charge on any atom is 0.194 e. The van der Waals surface area contributed by atoms with Gasteiger partial charge < -0.3 is 5.73 Å². The maximum atomic E-state index is 13.2. The molecular formula is C14H10BrClF3N. The topological polar surface area (TPSA) is 26.0 Å². The maximum absolute atomic E-state index is 13.2. The fourth-order valence-corrected chi connectivity index (χ4v) is 2.58. The Morgan fingerprint density at radius 1 is 1.10 bits per heavy atom. The van der Waals surface area contributed by atoms with E-state index in [0.29, 0.717) is 5.02 Å². The molecule has 2 aromatic carbocycles. The summed E-state index contributed by atoms with van der Waals surface area (Å²) in [5.41, 5.74) is 6.82. The van der Waals surface area contributed by atoms with Crippen LogP contribution in [0.5, 0.6) is 0 Å². The van der Waals surface area contributed by atoms with Crippen LogP contribution in [-0.2, 0) is 6.42 Å². The molecule has 2 N–H and O–H groups in total. The van der Waals surface area contributed by atoms with Gasteiger partial charge in [0.2, 0.25) is 0 Å². The van der Waals surface area contributed by atoms with Crippen molar-refractivity contribution in [2.24, 2.45) is 5.73 Å².